The fourth-order valence-corrected chi connectivity index (χ4v) is 2.64. The van der Waals surface area contributed by atoms with Gasteiger partial charge in [-0.05, 0) is 44.1 Å². The molecule has 5 heteroatoms. The zero-order valence-electron chi connectivity index (χ0n) is 12.2. The summed E-state index contributed by atoms with van der Waals surface area (Å²) in [6.45, 7) is 7.78. The standard InChI is InChI=1S/C15H24ClN3O/c1-2-17-11-13-10-14(16)15(18-12-13)20-9-8-19-6-4-3-5-7-19/h10,12,17H,2-9,11H2,1H3. The van der Waals surface area contributed by atoms with Crippen molar-refractivity contribution in [3.8, 4) is 5.88 Å². The number of nitrogens with one attached hydrogen (secondary N) is 1. The molecule has 0 bridgehead atoms. The second-order valence-corrected chi connectivity index (χ2v) is 5.57. The van der Waals surface area contributed by atoms with Crippen LogP contribution in [0.3, 0.4) is 0 Å². The molecule has 0 amide bonds. The third kappa shape index (κ3) is 4.93. The largest absolute Gasteiger partial charge is 0.475 e. The van der Waals surface area contributed by atoms with Gasteiger partial charge in [-0.2, -0.15) is 0 Å². The van der Waals surface area contributed by atoms with E-state index in [0.717, 1.165) is 25.2 Å². The van der Waals surface area contributed by atoms with Crippen LogP contribution < -0.4 is 10.1 Å². The number of likely N-dealkylation sites (tertiary alicyclic amines) is 1. The molecule has 0 spiro atoms. The van der Waals surface area contributed by atoms with E-state index in [9.17, 15) is 0 Å². The van der Waals surface area contributed by atoms with Crippen LogP contribution in [0.15, 0.2) is 12.3 Å². The predicted molar refractivity (Wildman–Crippen MR) is 82.4 cm³/mol. The van der Waals surface area contributed by atoms with E-state index in [2.05, 4.69) is 22.1 Å². The van der Waals surface area contributed by atoms with Crippen LogP contribution in [0, 0.1) is 0 Å². The smallest absolute Gasteiger partial charge is 0.232 e. The van der Waals surface area contributed by atoms with Crippen molar-refractivity contribution < 1.29 is 4.74 Å². The summed E-state index contributed by atoms with van der Waals surface area (Å²) in [5.41, 5.74) is 1.08. The van der Waals surface area contributed by atoms with Gasteiger partial charge in [0.15, 0.2) is 0 Å². The Kier molecular flexibility index (Phi) is 6.57. The van der Waals surface area contributed by atoms with E-state index < -0.39 is 0 Å². The van der Waals surface area contributed by atoms with E-state index >= 15 is 0 Å². The molecule has 0 aromatic carbocycles. The van der Waals surface area contributed by atoms with Gasteiger partial charge in [-0.15, -0.1) is 0 Å². The number of aromatic nitrogens is 1. The maximum Gasteiger partial charge on any atom is 0.232 e. The number of rotatable bonds is 7. The second-order valence-electron chi connectivity index (χ2n) is 5.16. The van der Waals surface area contributed by atoms with Gasteiger partial charge in [0, 0.05) is 19.3 Å². The summed E-state index contributed by atoms with van der Waals surface area (Å²) < 4.78 is 5.69. The number of ether oxygens (including phenoxy) is 1. The lowest BCUT2D eigenvalue weighted by Crippen LogP contribution is -2.33. The summed E-state index contributed by atoms with van der Waals surface area (Å²) in [4.78, 5) is 6.74. The fourth-order valence-electron chi connectivity index (χ4n) is 2.39. The Bertz CT molecular complexity index is 408. The van der Waals surface area contributed by atoms with E-state index in [-0.39, 0.29) is 0 Å². The van der Waals surface area contributed by atoms with Gasteiger partial charge in [0.2, 0.25) is 5.88 Å². The number of piperidine rings is 1. The minimum atomic E-state index is 0.545. The van der Waals surface area contributed by atoms with Gasteiger partial charge in [-0.25, -0.2) is 4.98 Å². The van der Waals surface area contributed by atoms with E-state index in [1.165, 1.54) is 32.4 Å². The molecule has 2 rings (SSSR count). The molecule has 1 aromatic heterocycles. The van der Waals surface area contributed by atoms with Crippen LogP contribution >= 0.6 is 11.6 Å². The molecule has 112 valence electrons. The quantitative estimate of drug-likeness (QED) is 0.840. The molecule has 1 aliphatic heterocycles. The minimum Gasteiger partial charge on any atom is -0.475 e. The summed E-state index contributed by atoms with van der Waals surface area (Å²) in [6.07, 6.45) is 5.79. The average molecular weight is 298 g/mol. The molecule has 2 heterocycles. The highest BCUT2D eigenvalue weighted by atomic mass is 35.5. The molecule has 4 nitrogen and oxygen atoms in total. The third-order valence-corrected chi connectivity index (χ3v) is 3.81. The predicted octanol–water partition coefficient (Wildman–Crippen LogP) is 2.71. The highest BCUT2D eigenvalue weighted by molar-refractivity contribution is 6.31. The first-order valence-electron chi connectivity index (χ1n) is 7.50. The van der Waals surface area contributed by atoms with Gasteiger partial charge < -0.3 is 10.1 Å². The highest BCUT2D eigenvalue weighted by Gasteiger charge is 2.10. The number of nitrogens with zero attached hydrogens (tertiary/aromatic N) is 2. The van der Waals surface area contributed by atoms with E-state index in [4.69, 9.17) is 16.3 Å². The first kappa shape index (κ1) is 15.5. The Labute approximate surface area is 126 Å². The summed E-state index contributed by atoms with van der Waals surface area (Å²) in [7, 11) is 0. The van der Waals surface area contributed by atoms with E-state index in [1.807, 2.05) is 12.3 Å². The average Bonchev–Trinajstić information content (AvgIpc) is 2.48. The topological polar surface area (TPSA) is 37.4 Å². The van der Waals surface area contributed by atoms with Crippen molar-refractivity contribution in [1.82, 2.24) is 15.2 Å². The first-order valence-corrected chi connectivity index (χ1v) is 7.87. The lowest BCUT2D eigenvalue weighted by atomic mass is 10.1. The van der Waals surface area contributed by atoms with Crippen molar-refractivity contribution in [2.24, 2.45) is 0 Å². The lowest BCUT2D eigenvalue weighted by Gasteiger charge is -2.26. The van der Waals surface area contributed by atoms with Gasteiger partial charge in [0.25, 0.3) is 0 Å². The highest BCUT2D eigenvalue weighted by Crippen LogP contribution is 2.22. The van der Waals surface area contributed by atoms with Crippen LogP contribution in [-0.4, -0.2) is 42.7 Å². The molecule has 20 heavy (non-hydrogen) atoms. The molecule has 1 fully saturated rings. The molecule has 0 unspecified atom stereocenters. The molecule has 0 aliphatic carbocycles. The number of hydrogen-bond donors (Lipinski definition) is 1. The van der Waals surface area contributed by atoms with Crippen LogP contribution in [0.4, 0.5) is 0 Å². The van der Waals surface area contributed by atoms with Gasteiger partial charge in [-0.3, -0.25) is 4.90 Å². The van der Waals surface area contributed by atoms with Crippen LogP contribution in [0.1, 0.15) is 31.7 Å². The zero-order valence-corrected chi connectivity index (χ0v) is 13.0. The van der Waals surface area contributed by atoms with Gasteiger partial charge in [0.1, 0.15) is 11.6 Å². The third-order valence-electron chi connectivity index (χ3n) is 3.54. The van der Waals surface area contributed by atoms with E-state index in [0.29, 0.717) is 17.5 Å². The van der Waals surface area contributed by atoms with Crippen molar-refractivity contribution >= 4 is 11.6 Å². The van der Waals surface area contributed by atoms with Crippen LogP contribution in [-0.2, 0) is 6.54 Å². The second kappa shape index (κ2) is 8.45. The summed E-state index contributed by atoms with van der Waals surface area (Å²) in [5.74, 6) is 0.545. The molecular formula is C15H24ClN3O. The Hall–Kier alpha value is -0.840. The molecular weight excluding hydrogens is 274 g/mol. The van der Waals surface area contributed by atoms with Gasteiger partial charge in [-0.1, -0.05) is 24.9 Å². The van der Waals surface area contributed by atoms with Crippen molar-refractivity contribution in [1.29, 1.82) is 0 Å². The maximum atomic E-state index is 6.20. The fraction of sp³-hybridized carbons (Fsp3) is 0.667. The van der Waals surface area contributed by atoms with Crippen molar-refractivity contribution in [3.63, 3.8) is 0 Å². The lowest BCUT2D eigenvalue weighted by molar-refractivity contribution is 0.180. The zero-order chi connectivity index (χ0) is 14.2. The van der Waals surface area contributed by atoms with Crippen LogP contribution in [0.2, 0.25) is 5.02 Å². The summed E-state index contributed by atoms with van der Waals surface area (Å²) in [5, 5.41) is 3.85. The first-order chi connectivity index (χ1) is 9.79. The van der Waals surface area contributed by atoms with E-state index in [1.54, 1.807) is 0 Å². The SMILES string of the molecule is CCNCc1cnc(OCCN2CCCCC2)c(Cl)c1. The van der Waals surface area contributed by atoms with Crippen molar-refractivity contribution in [2.75, 3.05) is 32.8 Å². The Morgan fingerprint density at radius 3 is 2.85 bits per heavy atom. The van der Waals surface area contributed by atoms with Gasteiger partial charge >= 0.3 is 0 Å². The molecule has 0 atom stereocenters. The van der Waals surface area contributed by atoms with Crippen LogP contribution in [0.5, 0.6) is 5.88 Å². The Morgan fingerprint density at radius 2 is 2.15 bits per heavy atom. The molecule has 0 radical (unpaired) electrons. The monoisotopic (exact) mass is 297 g/mol. The number of halogens is 1. The number of pyridine rings is 1. The van der Waals surface area contributed by atoms with Gasteiger partial charge in [0.05, 0.1) is 0 Å². The Balaban J connectivity index is 1.77. The molecule has 1 aromatic rings. The molecule has 1 aliphatic rings. The Morgan fingerprint density at radius 1 is 1.35 bits per heavy atom. The molecule has 1 saturated heterocycles. The summed E-state index contributed by atoms with van der Waals surface area (Å²) in [6, 6.07) is 1.92. The number of hydrogen-bond acceptors (Lipinski definition) is 4. The minimum absolute atomic E-state index is 0.545. The molecule has 0 saturated carbocycles. The molecule has 1 N–H and O–H groups in total. The van der Waals surface area contributed by atoms with Crippen molar-refractivity contribution in [3.05, 3.63) is 22.8 Å². The normalized spacial score (nSPS) is 16.3. The summed E-state index contributed by atoms with van der Waals surface area (Å²) >= 11 is 6.20. The van der Waals surface area contributed by atoms with Crippen LogP contribution in [0.25, 0.3) is 0 Å². The maximum absolute atomic E-state index is 6.20. The van der Waals surface area contributed by atoms with Crippen molar-refractivity contribution in [2.45, 2.75) is 32.7 Å².